The lowest BCUT2D eigenvalue weighted by atomic mass is 9.83. The Hall–Kier alpha value is -2.27. The Balaban J connectivity index is 1.59. The Morgan fingerprint density at radius 2 is 2.04 bits per heavy atom. The highest BCUT2D eigenvalue weighted by atomic mass is 35.5. The van der Waals surface area contributed by atoms with Crippen molar-refractivity contribution in [1.82, 2.24) is 14.9 Å². The molecule has 1 atom stereocenters. The van der Waals surface area contributed by atoms with Crippen LogP contribution in [-0.2, 0) is 6.54 Å². The Labute approximate surface area is 167 Å². The van der Waals surface area contributed by atoms with Gasteiger partial charge in [-0.15, -0.1) is 11.3 Å². The van der Waals surface area contributed by atoms with Crippen molar-refractivity contribution < 1.29 is 0 Å². The van der Waals surface area contributed by atoms with E-state index in [2.05, 4.69) is 64.4 Å². The van der Waals surface area contributed by atoms with E-state index in [1.807, 2.05) is 6.20 Å². The van der Waals surface area contributed by atoms with Crippen molar-refractivity contribution in [1.29, 1.82) is 0 Å². The van der Waals surface area contributed by atoms with Gasteiger partial charge < -0.3 is 4.90 Å². The van der Waals surface area contributed by atoms with Gasteiger partial charge in [0.2, 0.25) is 0 Å². The summed E-state index contributed by atoms with van der Waals surface area (Å²) in [5.41, 5.74) is 6.15. The molecule has 0 bridgehead atoms. The lowest BCUT2D eigenvalue weighted by Gasteiger charge is -2.33. The summed E-state index contributed by atoms with van der Waals surface area (Å²) in [6.45, 7) is 1.97. The van der Waals surface area contributed by atoms with Crippen molar-refractivity contribution in [2.75, 3.05) is 13.6 Å². The maximum Gasteiger partial charge on any atom is 0.0940 e. The zero-order valence-corrected chi connectivity index (χ0v) is 16.5. The number of nitrogens with zero attached hydrogens (tertiary/aromatic N) is 3. The average molecular weight is 392 g/mol. The van der Waals surface area contributed by atoms with E-state index in [0.717, 1.165) is 28.7 Å². The van der Waals surface area contributed by atoms with Crippen molar-refractivity contribution in [2.24, 2.45) is 0 Å². The zero-order chi connectivity index (χ0) is 18.4. The first kappa shape index (κ1) is 16.9. The first-order valence-corrected chi connectivity index (χ1v) is 10.1. The van der Waals surface area contributed by atoms with Gasteiger partial charge in [-0.3, -0.25) is 9.97 Å². The molecular formula is C22H18ClN3S. The van der Waals surface area contributed by atoms with Crippen molar-refractivity contribution in [3.05, 3.63) is 82.1 Å². The minimum atomic E-state index is 0.359. The van der Waals surface area contributed by atoms with Crippen LogP contribution in [0.5, 0.6) is 0 Å². The second-order valence-corrected chi connectivity index (χ2v) is 8.82. The van der Waals surface area contributed by atoms with Gasteiger partial charge in [-0.25, -0.2) is 0 Å². The number of fused-ring (bicyclic) bond motifs is 2. The van der Waals surface area contributed by atoms with E-state index < -0.39 is 0 Å². The molecule has 0 amide bonds. The summed E-state index contributed by atoms with van der Waals surface area (Å²) in [7, 11) is 2.19. The molecule has 0 spiro atoms. The Kier molecular flexibility index (Phi) is 4.20. The van der Waals surface area contributed by atoms with Crippen LogP contribution >= 0.6 is 22.9 Å². The number of aromatic nitrogens is 2. The summed E-state index contributed by atoms with van der Waals surface area (Å²) >= 11 is 7.84. The summed E-state index contributed by atoms with van der Waals surface area (Å²) in [5, 5.41) is 1.23. The van der Waals surface area contributed by atoms with Gasteiger partial charge in [0.05, 0.1) is 16.2 Å². The van der Waals surface area contributed by atoms with Crippen LogP contribution in [0.1, 0.15) is 22.6 Å². The fourth-order valence-corrected chi connectivity index (χ4v) is 5.12. The maximum absolute atomic E-state index is 6.20. The standard InChI is InChI=1S/C22H18ClN3S/c1-26-12-17-9-15(20-11-24-6-7-25-20)2-4-18(17)19(13-26)14-3-5-21-16(8-14)10-22(23)27-21/h2-11,19H,12-13H2,1H3. The number of benzene rings is 2. The molecule has 3 nitrogen and oxygen atoms in total. The molecule has 0 saturated carbocycles. The summed E-state index contributed by atoms with van der Waals surface area (Å²) in [5.74, 6) is 0.359. The van der Waals surface area contributed by atoms with E-state index in [9.17, 15) is 0 Å². The highest BCUT2D eigenvalue weighted by Crippen LogP contribution is 2.37. The van der Waals surface area contributed by atoms with E-state index in [1.165, 1.54) is 26.8 Å². The van der Waals surface area contributed by atoms with Crippen LogP contribution in [0.25, 0.3) is 21.3 Å². The van der Waals surface area contributed by atoms with Crippen LogP contribution in [0, 0.1) is 0 Å². The van der Waals surface area contributed by atoms with E-state index in [0.29, 0.717) is 5.92 Å². The van der Waals surface area contributed by atoms with Crippen molar-refractivity contribution in [3.63, 3.8) is 0 Å². The Bertz CT molecular complexity index is 1120. The molecule has 2 aromatic carbocycles. The van der Waals surface area contributed by atoms with Crippen molar-refractivity contribution in [2.45, 2.75) is 12.5 Å². The molecule has 27 heavy (non-hydrogen) atoms. The van der Waals surface area contributed by atoms with Crippen LogP contribution in [0.2, 0.25) is 4.34 Å². The molecule has 0 radical (unpaired) electrons. The minimum Gasteiger partial charge on any atom is -0.301 e. The molecule has 0 N–H and O–H groups in total. The molecule has 134 valence electrons. The molecule has 1 aliphatic heterocycles. The molecule has 5 rings (SSSR count). The minimum absolute atomic E-state index is 0.359. The number of rotatable bonds is 2. The predicted molar refractivity (Wildman–Crippen MR) is 112 cm³/mol. The van der Waals surface area contributed by atoms with E-state index in [4.69, 9.17) is 11.6 Å². The predicted octanol–water partition coefficient (Wildman–Crippen LogP) is 5.59. The number of thiophene rings is 1. The smallest absolute Gasteiger partial charge is 0.0940 e. The van der Waals surface area contributed by atoms with Gasteiger partial charge >= 0.3 is 0 Å². The summed E-state index contributed by atoms with van der Waals surface area (Å²) in [6, 6.07) is 15.5. The molecule has 0 aliphatic carbocycles. The zero-order valence-electron chi connectivity index (χ0n) is 14.9. The van der Waals surface area contributed by atoms with Crippen LogP contribution in [0.15, 0.2) is 61.1 Å². The van der Waals surface area contributed by atoms with Crippen molar-refractivity contribution >= 4 is 33.0 Å². The first-order valence-electron chi connectivity index (χ1n) is 8.94. The van der Waals surface area contributed by atoms with Gasteiger partial charge in [0.15, 0.2) is 0 Å². The van der Waals surface area contributed by atoms with Gasteiger partial charge in [0.25, 0.3) is 0 Å². The second kappa shape index (κ2) is 6.71. The van der Waals surface area contributed by atoms with Crippen LogP contribution in [0.3, 0.4) is 0 Å². The fourth-order valence-electron chi connectivity index (χ4n) is 3.99. The van der Waals surface area contributed by atoms with Gasteiger partial charge in [0, 0.05) is 41.7 Å². The molecule has 2 aromatic heterocycles. The van der Waals surface area contributed by atoms with Gasteiger partial charge in [-0.05, 0) is 53.4 Å². The van der Waals surface area contributed by atoms with Crippen molar-refractivity contribution in [3.8, 4) is 11.3 Å². The number of halogens is 1. The molecule has 3 heterocycles. The lowest BCUT2D eigenvalue weighted by Crippen LogP contribution is -2.31. The number of likely N-dealkylation sites (N-methyl/N-ethyl adjacent to an activating group) is 1. The van der Waals surface area contributed by atoms with E-state index >= 15 is 0 Å². The van der Waals surface area contributed by atoms with Gasteiger partial charge in [-0.2, -0.15) is 0 Å². The monoisotopic (exact) mass is 391 g/mol. The third kappa shape index (κ3) is 3.14. The Morgan fingerprint density at radius 3 is 2.89 bits per heavy atom. The molecule has 0 fully saturated rings. The molecule has 1 unspecified atom stereocenters. The maximum atomic E-state index is 6.20. The van der Waals surface area contributed by atoms with E-state index in [-0.39, 0.29) is 0 Å². The quantitative estimate of drug-likeness (QED) is 0.446. The largest absolute Gasteiger partial charge is 0.301 e. The summed E-state index contributed by atoms with van der Waals surface area (Å²) in [6.07, 6.45) is 5.27. The molecular weight excluding hydrogens is 374 g/mol. The van der Waals surface area contributed by atoms with Crippen LogP contribution in [-0.4, -0.2) is 28.5 Å². The Morgan fingerprint density at radius 1 is 1.11 bits per heavy atom. The average Bonchev–Trinajstić information content (AvgIpc) is 3.06. The molecule has 4 aromatic rings. The van der Waals surface area contributed by atoms with Crippen LogP contribution in [0.4, 0.5) is 0 Å². The molecule has 0 saturated heterocycles. The topological polar surface area (TPSA) is 29.0 Å². The lowest BCUT2D eigenvalue weighted by molar-refractivity contribution is 0.295. The highest BCUT2D eigenvalue weighted by Gasteiger charge is 2.25. The third-order valence-electron chi connectivity index (χ3n) is 5.22. The van der Waals surface area contributed by atoms with E-state index in [1.54, 1.807) is 23.7 Å². The first-order chi connectivity index (χ1) is 13.2. The molecule has 1 aliphatic rings. The fraction of sp³-hybridized carbons (Fsp3) is 0.182. The normalized spacial score (nSPS) is 17.2. The van der Waals surface area contributed by atoms with Gasteiger partial charge in [0.1, 0.15) is 0 Å². The second-order valence-electron chi connectivity index (χ2n) is 7.10. The van der Waals surface area contributed by atoms with Crippen LogP contribution < -0.4 is 0 Å². The SMILES string of the molecule is CN1Cc2cc(-c3cnccn3)ccc2C(c2ccc3sc(Cl)cc3c2)C1. The number of hydrogen-bond acceptors (Lipinski definition) is 4. The highest BCUT2D eigenvalue weighted by molar-refractivity contribution is 7.22. The number of hydrogen-bond donors (Lipinski definition) is 0. The summed E-state index contributed by atoms with van der Waals surface area (Å²) in [4.78, 5) is 11.0. The third-order valence-corrected chi connectivity index (χ3v) is 6.47. The summed E-state index contributed by atoms with van der Waals surface area (Å²) < 4.78 is 2.09. The molecule has 5 heteroatoms. The van der Waals surface area contributed by atoms with Gasteiger partial charge in [-0.1, -0.05) is 29.8 Å².